The third kappa shape index (κ3) is 8.71. The lowest BCUT2D eigenvalue weighted by Crippen LogP contribution is -2.30. The van der Waals surface area contributed by atoms with Crippen molar-refractivity contribution in [2.75, 3.05) is 11.9 Å². The van der Waals surface area contributed by atoms with Gasteiger partial charge in [-0.25, -0.2) is 0 Å². The van der Waals surface area contributed by atoms with Gasteiger partial charge in [-0.1, -0.05) is 79.1 Å². The van der Waals surface area contributed by atoms with E-state index < -0.39 is 20.2 Å². The molecule has 1 N–H and O–H groups in total. The van der Waals surface area contributed by atoms with Crippen molar-refractivity contribution < 1.29 is 23.6 Å². The van der Waals surface area contributed by atoms with Crippen LogP contribution in [0.1, 0.15) is 41.8 Å². The van der Waals surface area contributed by atoms with Crippen molar-refractivity contribution in [3.63, 3.8) is 0 Å². The largest absolute Gasteiger partial charge is 0.460 e. The molecule has 0 heterocycles. The molecule has 3 aromatic rings. The molecule has 0 aliphatic rings. The van der Waals surface area contributed by atoms with Crippen LogP contribution < -0.4 is 5.32 Å². The first kappa shape index (κ1) is 27.3. The first-order valence-corrected chi connectivity index (χ1v) is 13.1. The summed E-state index contributed by atoms with van der Waals surface area (Å²) < 4.78 is 23.4. The molecular weight excluding hydrogens is 473 g/mol. The van der Waals surface area contributed by atoms with E-state index in [0.29, 0.717) is 30.7 Å². The SMILES string of the molecule is CC(C)CC(C(=O)OCc1ccccc1)C(OCCc1ccc(NC(=O)c2ccccc2)cc1)[PH+]=O. The molecule has 3 atom stereocenters. The Morgan fingerprint density at radius 1 is 0.861 bits per heavy atom. The van der Waals surface area contributed by atoms with E-state index in [1.807, 2.05) is 86.6 Å². The Morgan fingerprint density at radius 3 is 2.11 bits per heavy atom. The van der Waals surface area contributed by atoms with Gasteiger partial charge in [0, 0.05) is 11.3 Å². The van der Waals surface area contributed by atoms with Gasteiger partial charge in [-0.15, -0.1) is 0 Å². The highest BCUT2D eigenvalue weighted by molar-refractivity contribution is 7.24. The van der Waals surface area contributed by atoms with Crippen LogP contribution in [0.2, 0.25) is 0 Å². The molecule has 3 unspecified atom stereocenters. The third-order valence-electron chi connectivity index (χ3n) is 5.67. The molecule has 0 spiro atoms. The number of carbonyl (C=O) groups excluding carboxylic acids is 2. The summed E-state index contributed by atoms with van der Waals surface area (Å²) in [4.78, 5) is 25.1. The predicted molar refractivity (Wildman–Crippen MR) is 142 cm³/mol. The zero-order valence-electron chi connectivity index (χ0n) is 20.7. The first-order valence-electron chi connectivity index (χ1n) is 12.1. The summed E-state index contributed by atoms with van der Waals surface area (Å²) in [5.74, 6) is -1.65. The van der Waals surface area contributed by atoms with Crippen LogP contribution in [0.3, 0.4) is 0 Å². The summed E-state index contributed by atoms with van der Waals surface area (Å²) >= 11 is 0. The molecule has 0 aromatic heterocycles. The molecule has 7 heteroatoms. The number of hydrogen-bond acceptors (Lipinski definition) is 5. The number of rotatable bonds is 13. The Bertz CT molecular complexity index is 1100. The Morgan fingerprint density at radius 2 is 1.50 bits per heavy atom. The average molecular weight is 507 g/mol. The standard InChI is InChI=1S/C29H32NO5P/c1-21(2)19-26(28(32)35-20-23-9-5-3-6-10-23)29(36-33)34-18-17-22-13-15-25(16-14-22)30-27(31)24-11-7-4-8-12-24/h3-16,21,26,29H,17-20H2,1-2H3,(H,30,31)/p+1. The van der Waals surface area contributed by atoms with Crippen molar-refractivity contribution >= 4 is 26.0 Å². The second kappa shape index (κ2) is 14.3. The van der Waals surface area contributed by atoms with Crippen molar-refractivity contribution in [1.82, 2.24) is 0 Å². The molecular formula is C29H33NO5P+. The Labute approximate surface area is 214 Å². The molecule has 36 heavy (non-hydrogen) atoms. The van der Waals surface area contributed by atoms with E-state index in [1.165, 1.54) is 0 Å². The second-order valence-corrected chi connectivity index (χ2v) is 9.81. The number of ether oxygens (including phenoxy) is 2. The van der Waals surface area contributed by atoms with Gasteiger partial charge in [0.2, 0.25) is 0 Å². The summed E-state index contributed by atoms with van der Waals surface area (Å²) in [6.45, 7) is 4.52. The normalized spacial score (nSPS) is 12.8. The molecule has 0 aliphatic carbocycles. The maximum Gasteiger partial charge on any atom is 0.357 e. The monoisotopic (exact) mass is 506 g/mol. The van der Waals surface area contributed by atoms with Crippen molar-refractivity contribution in [3.8, 4) is 0 Å². The molecule has 3 rings (SSSR count). The van der Waals surface area contributed by atoms with Gasteiger partial charge in [-0.3, -0.25) is 9.59 Å². The Hall–Kier alpha value is -3.34. The predicted octanol–water partition coefficient (Wildman–Crippen LogP) is 6.25. The summed E-state index contributed by atoms with van der Waals surface area (Å²) in [5, 5.41) is 2.88. The Kier molecular flexibility index (Phi) is 10.8. The smallest absolute Gasteiger partial charge is 0.357 e. The van der Waals surface area contributed by atoms with Gasteiger partial charge in [0.25, 0.3) is 11.8 Å². The van der Waals surface area contributed by atoms with Crippen LogP contribution in [-0.4, -0.2) is 24.3 Å². The topological polar surface area (TPSA) is 81.7 Å². The van der Waals surface area contributed by atoms with Gasteiger partial charge in [0.05, 0.1) is 6.61 Å². The van der Waals surface area contributed by atoms with Crippen molar-refractivity contribution in [1.29, 1.82) is 0 Å². The van der Waals surface area contributed by atoms with E-state index in [9.17, 15) is 14.2 Å². The van der Waals surface area contributed by atoms with Crippen LogP contribution >= 0.6 is 8.46 Å². The number of benzene rings is 3. The minimum atomic E-state index is -0.779. The summed E-state index contributed by atoms with van der Waals surface area (Å²) in [7, 11) is -0.779. The van der Waals surface area contributed by atoms with E-state index in [1.54, 1.807) is 12.1 Å². The highest BCUT2D eigenvalue weighted by Crippen LogP contribution is 2.27. The van der Waals surface area contributed by atoms with E-state index in [0.717, 1.165) is 11.1 Å². The van der Waals surface area contributed by atoms with Gasteiger partial charge in [0.15, 0.2) is 0 Å². The molecule has 3 aromatic carbocycles. The van der Waals surface area contributed by atoms with Gasteiger partial charge < -0.3 is 14.8 Å². The van der Waals surface area contributed by atoms with Crippen LogP contribution in [0.5, 0.6) is 0 Å². The second-order valence-electron chi connectivity index (χ2n) is 9.01. The number of esters is 1. The summed E-state index contributed by atoms with van der Waals surface area (Å²) in [5.41, 5.74) is 3.20. The third-order valence-corrected chi connectivity index (χ3v) is 6.47. The average Bonchev–Trinajstić information content (AvgIpc) is 2.90. The zero-order chi connectivity index (χ0) is 25.8. The van der Waals surface area contributed by atoms with Crippen molar-refractivity contribution in [2.45, 2.75) is 39.1 Å². The molecule has 0 saturated carbocycles. The fourth-order valence-electron chi connectivity index (χ4n) is 3.77. The van der Waals surface area contributed by atoms with Crippen LogP contribution in [0.4, 0.5) is 5.69 Å². The Balaban J connectivity index is 1.52. The van der Waals surface area contributed by atoms with Gasteiger partial charge >= 0.3 is 14.4 Å². The van der Waals surface area contributed by atoms with Crippen LogP contribution in [0, 0.1) is 11.8 Å². The lowest BCUT2D eigenvalue weighted by atomic mass is 9.97. The van der Waals surface area contributed by atoms with Gasteiger partial charge in [0.1, 0.15) is 12.5 Å². The molecule has 0 bridgehead atoms. The molecule has 188 valence electrons. The molecule has 1 amide bonds. The van der Waals surface area contributed by atoms with Gasteiger partial charge in [-0.05, 0) is 54.2 Å². The van der Waals surface area contributed by atoms with Crippen molar-refractivity contribution in [3.05, 3.63) is 102 Å². The van der Waals surface area contributed by atoms with Crippen LogP contribution in [0.25, 0.3) is 0 Å². The van der Waals surface area contributed by atoms with E-state index in [-0.39, 0.29) is 24.4 Å². The van der Waals surface area contributed by atoms with E-state index in [4.69, 9.17) is 9.47 Å². The highest BCUT2D eigenvalue weighted by atomic mass is 31.1. The molecule has 0 saturated heterocycles. The van der Waals surface area contributed by atoms with Crippen LogP contribution in [0.15, 0.2) is 84.9 Å². The van der Waals surface area contributed by atoms with E-state index in [2.05, 4.69) is 5.32 Å². The maximum absolute atomic E-state index is 12.8. The molecule has 0 aliphatic heterocycles. The molecule has 6 nitrogen and oxygen atoms in total. The zero-order valence-corrected chi connectivity index (χ0v) is 21.7. The number of carbonyl (C=O) groups is 2. The fraction of sp³-hybridized carbons (Fsp3) is 0.310. The quantitative estimate of drug-likeness (QED) is 0.219. The minimum absolute atomic E-state index is 0.165. The fourth-order valence-corrected chi connectivity index (χ4v) is 4.39. The number of amides is 1. The highest BCUT2D eigenvalue weighted by Gasteiger charge is 2.37. The molecule has 0 radical (unpaired) electrons. The lowest BCUT2D eigenvalue weighted by Gasteiger charge is -2.19. The minimum Gasteiger partial charge on any atom is -0.460 e. The maximum atomic E-state index is 12.8. The van der Waals surface area contributed by atoms with Crippen molar-refractivity contribution in [2.24, 2.45) is 11.8 Å². The first-order chi connectivity index (χ1) is 17.5. The number of nitrogens with one attached hydrogen (secondary N) is 1. The summed E-state index contributed by atoms with van der Waals surface area (Å²) in [6, 6.07) is 26.0. The molecule has 0 fully saturated rings. The number of anilines is 1. The summed E-state index contributed by atoms with van der Waals surface area (Å²) in [6.07, 6.45) is 1.12. The number of hydrogen-bond donors (Lipinski definition) is 1. The lowest BCUT2D eigenvalue weighted by molar-refractivity contribution is -0.154. The van der Waals surface area contributed by atoms with Gasteiger partial charge in [-0.2, -0.15) is 0 Å². The van der Waals surface area contributed by atoms with Crippen LogP contribution in [-0.2, 0) is 31.9 Å². The van der Waals surface area contributed by atoms with E-state index >= 15 is 0 Å².